The lowest BCUT2D eigenvalue weighted by molar-refractivity contribution is -0.140. The number of aryl methyl sites for hydroxylation is 2. The van der Waals surface area contributed by atoms with E-state index in [2.05, 4.69) is 34.4 Å². The SMILES string of the molecule is CC.CC.CCn1c(CCC(=O)OC)cc2ccccc21. The van der Waals surface area contributed by atoms with Crippen molar-refractivity contribution in [2.45, 2.75) is 54.0 Å². The molecule has 0 aliphatic rings. The van der Waals surface area contributed by atoms with Gasteiger partial charge in [0.2, 0.25) is 0 Å². The molecule has 0 fully saturated rings. The van der Waals surface area contributed by atoms with E-state index in [-0.39, 0.29) is 5.97 Å². The van der Waals surface area contributed by atoms with Crippen LogP contribution >= 0.6 is 0 Å². The number of carbonyl (C=O) groups excluding carboxylic acids is 1. The van der Waals surface area contributed by atoms with Gasteiger partial charge < -0.3 is 9.30 Å². The third kappa shape index (κ3) is 5.25. The van der Waals surface area contributed by atoms with Gasteiger partial charge in [0.05, 0.1) is 13.5 Å². The number of fused-ring (bicyclic) bond motifs is 1. The van der Waals surface area contributed by atoms with Crippen molar-refractivity contribution in [2.24, 2.45) is 0 Å². The first-order valence-corrected chi connectivity index (χ1v) is 7.90. The minimum absolute atomic E-state index is 0.155. The number of rotatable bonds is 4. The number of aromatic nitrogens is 1. The third-order valence-corrected chi connectivity index (χ3v) is 3.03. The smallest absolute Gasteiger partial charge is 0.305 e. The molecule has 3 nitrogen and oxygen atoms in total. The Labute approximate surface area is 128 Å². The molecular weight excluding hydrogens is 262 g/mol. The Hall–Kier alpha value is -1.77. The lowest BCUT2D eigenvalue weighted by Gasteiger charge is -2.07. The molecule has 1 heterocycles. The first-order valence-electron chi connectivity index (χ1n) is 7.90. The molecule has 2 rings (SSSR count). The van der Waals surface area contributed by atoms with E-state index in [1.54, 1.807) is 0 Å². The number of nitrogens with zero attached hydrogens (tertiary/aromatic N) is 1. The van der Waals surface area contributed by atoms with Gasteiger partial charge in [-0.1, -0.05) is 45.9 Å². The van der Waals surface area contributed by atoms with E-state index < -0.39 is 0 Å². The van der Waals surface area contributed by atoms with Crippen LogP contribution in [0.5, 0.6) is 0 Å². The van der Waals surface area contributed by atoms with Crippen LogP contribution in [-0.2, 0) is 22.5 Å². The van der Waals surface area contributed by atoms with Crippen LogP contribution in [0.15, 0.2) is 30.3 Å². The zero-order chi connectivity index (χ0) is 16.3. The Balaban J connectivity index is 0.000000921. The van der Waals surface area contributed by atoms with Crippen molar-refractivity contribution in [3.05, 3.63) is 36.0 Å². The predicted octanol–water partition coefficient (Wildman–Crippen LogP) is 4.82. The highest BCUT2D eigenvalue weighted by Gasteiger charge is 2.09. The molecule has 3 heteroatoms. The highest BCUT2D eigenvalue weighted by molar-refractivity contribution is 5.81. The average molecular weight is 291 g/mol. The molecule has 0 saturated carbocycles. The lowest BCUT2D eigenvalue weighted by Crippen LogP contribution is -2.06. The molecule has 1 aromatic carbocycles. The number of benzene rings is 1. The van der Waals surface area contributed by atoms with E-state index in [0.29, 0.717) is 6.42 Å². The summed E-state index contributed by atoms with van der Waals surface area (Å²) in [7, 11) is 1.43. The van der Waals surface area contributed by atoms with Crippen molar-refractivity contribution < 1.29 is 9.53 Å². The molecule has 0 aliphatic carbocycles. The zero-order valence-corrected chi connectivity index (χ0v) is 14.3. The van der Waals surface area contributed by atoms with E-state index in [0.717, 1.165) is 13.0 Å². The quantitative estimate of drug-likeness (QED) is 0.756. The molecule has 0 spiro atoms. The molecular formula is C18H29NO2. The van der Waals surface area contributed by atoms with Crippen molar-refractivity contribution in [3.8, 4) is 0 Å². The van der Waals surface area contributed by atoms with Crippen LogP contribution < -0.4 is 0 Å². The number of hydrogen-bond acceptors (Lipinski definition) is 2. The zero-order valence-electron chi connectivity index (χ0n) is 14.3. The second-order valence-electron chi connectivity index (χ2n) is 4.01. The van der Waals surface area contributed by atoms with E-state index >= 15 is 0 Å². The molecule has 0 unspecified atom stereocenters. The molecule has 0 atom stereocenters. The molecule has 1 aromatic heterocycles. The summed E-state index contributed by atoms with van der Waals surface area (Å²) >= 11 is 0. The van der Waals surface area contributed by atoms with Crippen molar-refractivity contribution in [2.75, 3.05) is 7.11 Å². The van der Waals surface area contributed by atoms with Gasteiger partial charge in [0.15, 0.2) is 0 Å². The van der Waals surface area contributed by atoms with Crippen molar-refractivity contribution >= 4 is 16.9 Å². The summed E-state index contributed by atoms with van der Waals surface area (Å²) in [6, 6.07) is 10.4. The van der Waals surface area contributed by atoms with Gasteiger partial charge in [-0.3, -0.25) is 4.79 Å². The normalized spacial score (nSPS) is 9.24. The second-order valence-corrected chi connectivity index (χ2v) is 4.01. The van der Waals surface area contributed by atoms with E-state index in [1.807, 2.05) is 39.8 Å². The van der Waals surface area contributed by atoms with E-state index in [1.165, 1.54) is 23.7 Å². The molecule has 0 radical (unpaired) electrons. The second kappa shape index (κ2) is 11.0. The molecule has 0 bridgehead atoms. The molecule has 0 saturated heterocycles. The fraction of sp³-hybridized carbons (Fsp3) is 0.500. The Morgan fingerprint density at radius 2 is 1.76 bits per heavy atom. The molecule has 0 N–H and O–H groups in total. The molecule has 0 amide bonds. The predicted molar refractivity (Wildman–Crippen MR) is 90.6 cm³/mol. The number of para-hydroxylation sites is 1. The van der Waals surface area contributed by atoms with E-state index in [4.69, 9.17) is 0 Å². The first-order chi connectivity index (χ1) is 10.3. The maximum atomic E-state index is 11.2. The standard InChI is InChI=1S/C14H17NO2.2C2H6/c1-3-15-12(8-9-14(16)17-2)10-11-6-4-5-7-13(11)15;2*1-2/h4-7,10H,3,8-9H2,1-2H3;2*1-2H3. The maximum absolute atomic E-state index is 11.2. The number of esters is 1. The lowest BCUT2D eigenvalue weighted by atomic mass is 10.2. The van der Waals surface area contributed by atoms with Crippen LogP contribution in [0.2, 0.25) is 0 Å². The van der Waals surface area contributed by atoms with Crippen molar-refractivity contribution in [3.63, 3.8) is 0 Å². The minimum Gasteiger partial charge on any atom is -0.469 e. The fourth-order valence-corrected chi connectivity index (χ4v) is 2.18. The van der Waals surface area contributed by atoms with Gasteiger partial charge in [-0.05, 0) is 30.9 Å². The Kier molecular flexibility index (Phi) is 10.0. The number of carbonyl (C=O) groups is 1. The third-order valence-electron chi connectivity index (χ3n) is 3.03. The molecule has 2 aromatic rings. The molecule has 21 heavy (non-hydrogen) atoms. The van der Waals surface area contributed by atoms with Crippen molar-refractivity contribution in [1.29, 1.82) is 0 Å². The minimum atomic E-state index is -0.155. The largest absolute Gasteiger partial charge is 0.469 e. The van der Waals surface area contributed by atoms with Crippen LogP contribution in [0.4, 0.5) is 0 Å². The van der Waals surface area contributed by atoms with Crippen LogP contribution in [0.3, 0.4) is 0 Å². The molecule has 118 valence electrons. The Morgan fingerprint density at radius 3 is 2.33 bits per heavy atom. The summed E-state index contributed by atoms with van der Waals surface area (Å²) in [4.78, 5) is 11.2. The Bertz CT molecular complexity index is 529. The van der Waals surface area contributed by atoms with Gasteiger partial charge >= 0.3 is 5.97 Å². The first kappa shape index (κ1) is 19.2. The summed E-state index contributed by atoms with van der Waals surface area (Å²) < 4.78 is 6.92. The summed E-state index contributed by atoms with van der Waals surface area (Å²) in [5, 5.41) is 1.23. The fourth-order valence-electron chi connectivity index (χ4n) is 2.18. The van der Waals surface area contributed by atoms with E-state index in [9.17, 15) is 4.79 Å². The summed E-state index contributed by atoms with van der Waals surface area (Å²) in [6.07, 6.45) is 1.17. The highest BCUT2D eigenvalue weighted by atomic mass is 16.5. The molecule has 0 aliphatic heterocycles. The van der Waals surface area contributed by atoms with Crippen LogP contribution in [0, 0.1) is 0 Å². The average Bonchev–Trinajstić information content (AvgIpc) is 2.93. The van der Waals surface area contributed by atoms with Gasteiger partial charge in [-0.25, -0.2) is 0 Å². The van der Waals surface area contributed by atoms with Gasteiger partial charge in [0.1, 0.15) is 0 Å². The maximum Gasteiger partial charge on any atom is 0.305 e. The number of methoxy groups -OCH3 is 1. The summed E-state index contributed by atoms with van der Waals surface area (Å²) in [5.41, 5.74) is 2.42. The highest BCUT2D eigenvalue weighted by Crippen LogP contribution is 2.20. The van der Waals surface area contributed by atoms with Gasteiger partial charge in [-0.15, -0.1) is 0 Å². The number of ether oxygens (including phenoxy) is 1. The summed E-state index contributed by atoms with van der Waals surface area (Å²) in [5.74, 6) is -0.155. The van der Waals surface area contributed by atoms with Crippen LogP contribution in [-0.4, -0.2) is 17.6 Å². The van der Waals surface area contributed by atoms with Gasteiger partial charge in [-0.2, -0.15) is 0 Å². The van der Waals surface area contributed by atoms with Crippen molar-refractivity contribution in [1.82, 2.24) is 4.57 Å². The Morgan fingerprint density at radius 1 is 1.14 bits per heavy atom. The van der Waals surface area contributed by atoms with Crippen LogP contribution in [0.1, 0.15) is 46.7 Å². The number of hydrogen-bond donors (Lipinski definition) is 0. The van der Waals surface area contributed by atoms with Crippen LogP contribution in [0.25, 0.3) is 10.9 Å². The summed E-state index contributed by atoms with van der Waals surface area (Å²) in [6.45, 7) is 11.0. The topological polar surface area (TPSA) is 31.2 Å². The van der Waals surface area contributed by atoms with Gasteiger partial charge in [0.25, 0.3) is 0 Å². The monoisotopic (exact) mass is 291 g/mol. The van der Waals surface area contributed by atoms with Gasteiger partial charge in [0, 0.05) is 17.8 Å².